The molecule has 2 rings (SSSR count). The van der Waals surface area contributed by atoms with E-state index in [1.165, 1.54) is 0 Å². The van der Waals surface area contributed by atoms with Gasteiger partial charge in [-0.3, -0.25) is 0 Å². The van der Waals surface area contributed by atoms with Gasteiger partial charge in [-0.25, -0.2) is 8.42 Å². The molecule has 2 atom stereocenters. The van der Waals surface area contributed by atoms with Gasteiger partial charge in [-0.15, -0.1) is 0 Å². The molecule has 0 aliphatic carbocycles. The molecule has 0 saturated carbocycles. The SMILES string of the molecule is B[C@H]1N[C@H]1S(=O)(=O)c1ccc(Br)cc1. The van der Waals surface area contributed by atoms with Crippen LogP contribution < -0.4 is 5.32 Å². The van der Waals surface area contributed by atoms with Gasteiger partial charge in [-0.1, -0.05) is 15.9 Å². The second-order valence-corrected chi connectivity index (χ2v) is 6.36. The lowest BCUT2D eigenvalue weighted by Gasteiger charge is -2.01. The van der Waals surface area contributed by atoms with Gasteiger partial charge >= 0.3 is 0 Å². The first kappa shape index (κ1) is 10.2. The molecule has 1 saturated heterocycles. The lowest BCUT2D eigenvalue weighted by atomic mass is 10.1. The Kier molecular flexibility index (Phi) is 2.45. The van der Waals surface area contributed by atoms with Crippen molar-refractivity contribution >= 4 is 33.6 Å². The Balaban J connectivity index is 2.35. The molecule has 1 aromatic carbocycles. The third kappa shape index (κ3) is 1.74. The van der Waals surface area contributed by atoms with E-state index in [0.29, 0.717) is 4.90 Å². The molecule has 1 fully saturated rings. The van der Waals surface area contributed by atoms with Gasteiger partial charge in [0, 0.05) is 10.4 Å². The van der Waals surface area contributed by atoms with E-state index >= 15 is 0 Å². The standard InChI is InChI=1S/C8H9BBrNO2S/c9-7-8(11-7)14(12,13)6-3-1-5(10)2-4-6/h1-4,7-8,11H,9H2/t7-,8-/m0/s1. The van der Waals surface area contributed by atoms with E-state index in [1.807, 2.05) is 7.85 Å². The van der Waals surface area contributed by atoms with Crippen LogP contribution in [0.5, 0.6) is 0 Å². The zero-order chi connectivity index (χ0) is 10.3. The molecule has 0 amide bonds. The largest absolute Gasteiger partial charge is 0.303 e. The van der Waals surface area contributed by atoms with Crippen molar-refractivity contribution in [2.75, 3.05) is 0 Å². The predicted octanol–water partition coefficient (Wildman–Crippen LogP) is 0.111. The lowest BCUT2D eigenvalue weighted by molar-refractivity contribution is 0.594. The number of benzene rings is 1. The topological polar surface area (TPSA) is 56.1 Å². The van der Waals surface area contributed by atoms with Crippen LogP contribution in [0.15, 0.2) is 33.6 Å². The molecule has 6 heteroatoms. The highest BCUT2D eigenvalue weighted by Gasteiger charge is 2.43. The fraction of sp³-hybridized carbons (Fsp3) is 0.250. The minimum Gasteiger partial charge on any atom is -0.303 e. The van der Waals surface area contributed by atoms with Crippen molar-refractivity contribution in [3.8, 4) is 0 Å². The number of hydrogen-bond acceptors (Lipinski definition) is 3. The number of rotatable bonds is 2. The lowest BCUT2D eigenvalue weighted by Crippen LogP contribution is -2.12. The Bertz CT molecular complexity index is 445. The smallest absolute Gasteiger partial charge is 0.194 e. The summed E-state index contributed by atoms with van der Waals surface area (Å²) in [4.78, 5) is 0.377. The highest BCUT2D eigenvalue weighted by molar-refractivity contribution is 9.10. The summed E-state index contributed by atoms with van der Waals surface area (Å²) >= 11 is 3.27. The Hall–Kier alpha value is -0.325. The molecule has 1 N–H and O–H groups in total. The molecular weight excluding hydrogens is 265 g/mol. The van der Waals surface area contributed by atoms with Crippen molar-refractivity contribution < 1.29 is 8.42 Å². The highest BCUT2D eigenvalue weighted by Crippen LogP contribution is 2.24. The average Bonchev–Trinajstić information content (AvgIpc) is 2.84. The Morgan fingerprint density at radius 2 is 1.79 bits per heavy atom. The monoisotopic (exact) mass is 273 g/mol. The Morgan fingerprint density at radius 3 is 2.21 bits per heavy atom. The van der Waals surface area contributed by atoms with Crippen LogP contribution in [0, 0.1) is 0 Å². The summed E-state index contributed by atoms with van der Waals surface area (Å²) in [5.74, 6) is 0.0728. The minimum absolute atomic E-state index is 0.0728. The molecule has 1 aliphatic rings. The van der Waals surface area contributed by atoms with Crippen LogP contribution in [0.3, 0.4) is 0 Å². The maximum Gasteiger partial charge on any atom is 0.194 e. The van der Waals surface area contributed by atoms with Crippen molar-refractivity contribution in [3.63, 3.8) is 0 Å². The fourth-order valence-corrected chi connectivity index (χ4v) is 3.34. The van der Waals surface area contributed by atoms with Crippen LogP contribution in [0.25, 0.3) is 0 Å². The van der Waals surface area contributed by atoms with Crippen LogP contribution >= 0.6 is 15.9 Å². The zero-order valence-electron chi connectivity index (χ0n) is 7.57. The van der Waals surface area contributed by atoms with E-state index in [1.54, 1.807) is 24.3 Å². The van der Waals surface area contributed by atoms with Gasteiger partial charge < -0.3 is 5.32 Å². The van der Waals surface area contributed by atoms with Crippen molar-refractivity contribution in [2.45, 2.75) is 16.2 Å². The van der Waals surface area contributed by atoms with E-state index in [0.717, 1.165) is 4.47 Å². The normalized spacial score (nSPS) is 26.1. The van der Waals surface area contributed by atoms with E-state index in [2.05, 4.69) is 21.2 Å². The van der Waals surface area contributed by atoms with E-state index in [9.17, 15) is 8.42 Å². The highest BCUT2D eigenvalue weighted by atomic mass is 79.9. The van der Waals surface area contributed by atoms with Gasteiger partial charge in [0.1, 0.15) is 13.2 Å². The van der Waals surface area contributed by atoms with Crippen LogP contribution in [0.2, 0.25) is 0 Å². The minimum atomic E-state index is -3.16. The van der Waals surface area contributed by atoms with Crippen molar-refractivity contribution in [1.82, 2.24) is 5.32 Å². The molecule has 0 aromatic heterocycles. The van der Waals surface area contributed by atoms with Gasteiger partial charge in [0.05, 0.1) is 4.90 Å². The summed E-state index contributed by atoms with van der Waals surface area (Å²) < 4.78 is 24.6. The Morgan fingerprint density at radius 1 is 1.29 bits per heavy atom. The molecule has 3 nitrogen and oxygen atoms in total. The van der Waals surface area contributed by atoms with Crippen molar-refractivity contribution in [3.05, 3.63) is 28.7 Å². The molecule has 0 radical (unpaired) electrons. The van der Waals surface area contributed by atoms with Gasteiger partial charge in [-0.05, 0) is 24.3 Å². The maximum atomic E-state index is 11.8. The third-order valence-corrected chi connectivity index (χ3v) is 4.92. The van der Waals surface area contributed by atoms with Crippen LogP contribution in [0.4, 0.5) is 0 Å². The van der Waals surface area contributed by atoms with E-state index < -0.39 is 15.2 Å². The Labute approximate surface area is 92.4 Å². The number of sulfone groups is 1. The number of nitrogens with one attached hydrogen (secondary N) is 1. The molecule has 1 aromatic rings. The summed E-state index contributed by atoms with van der Waals surface area (Å²) in [7, 11) is -1.30. The van der Waals surface area contributed by atoms with Crippen LogP contribution in [0.1, 0.15) is 0 Å². The molecule has 0 bridgehead atoms. The number of hydrogen-bond donors (Lipinski definition) is 1. The van der Waals surface area contributed by atoms with Crippen molar-refractivity contribution in [2.24, 2.45) is 0 Å². The average molecular weight is 274 g/mol. The molecule has 1 aliphatic heterocycles. The summed E-state index contributed by atoms with van der Waals surface area (Å²) in [5, 5.41) is 2.49. The second-order valence-electron chi connectivity index (χ2n) is 3.37. The molecule has 1 heterocycles. The first-order chi connectivity index (χ1) is 6.51. The molecule has 0 unspecified atom stereocenters. The van der Waals surface area contributed by atoms with Gasteiger partial charge in [0.25, 0.3) is 0 Å². The summed E-state index contributed by atoms with van der Waals surface area (Å²) in [5.41, 5.74) is 0. The molecular formula is C8H9BBrNO2S. The first-order valence-corrected chi connectivity index (χ1v) is 6.61. The second kappa shape index (κ2) is 3.36. The maximum absolute atomic E-state index is 11.8. The predicted molar refractivity (Wildman–Crippen MR) is 60.6 cm³/mol. The van der Waals surface area contributed by atoms with Crippen LogP contribution in [-0.2, 0) is 9.84 Å². The molecule has 74 valence electrons. The summed E-state index contributed by atoms with van der Waals surface area (Å²) in [6.45, 7) is 0. The molecule has 14 heavy (non-hydrogen) atoms. The van der Waals surface area contributed by atoms with Crippen molar-refractivity contribution in [1.29, 1.82) is 0 Å². The summed E-state index contributed by atoms with van der Waals surface area (Å²) in [6, 6.07) is 6.71. The van der Waals surface area contributed by atoms with E-state index in [-0.39, 0.29) is 5.94 Å². The fourth-order valence-electron chi connectivity index (χ4n) is 1.33. The van der Waals surface area contributed by atoms with Crippen LogP contribution in [-0.4, -0.2) is 27.6 Å². The van der Waals surface area contributed by atoms with Gasteiger partial charge in [-0.2, -0.15) is 0 Å². The summed E-state index contributed by atoms with van der Waals surface area (Å²) in [6.07, 6.45) is 0. The van der Waals surface area contributed by atoms with E-state index in [4.69, 9.17) is 0 Å². The molecule has 0 spiro atoms. The first-order valence-electron chi connectivity index (χ1n) is 4.27. The number of halogens is 1. The zero-order valence-corrected chi connectivity index (χ0v) is 9.97. The van der Waals surface area contributed by atoms with Gasteiger partial charge in [0.2, 0.25) is 0 Å². The van der Waals surface area contributed by atoms with Gasteiger partial charge in [0.15, 0.2) is 9.84 Å². The quantitative estimate of drug-likeness (QED) is 0.615. The third-order valence-electron chi connectivity index (χ3n) is 2.25.